The lowest BCUT2D eigenvalue weighted by Crippen LogP contribution is -2.49. The van der Waals surface area contributed by atoms with Gasteiger partial charge in [-0.25, -0.2) is 0 Å². The van der Waals surface area contributed by atoms with Crippen molar-refractivity contribution in [2.75, 3.05) is 26.3 Å². The number of nitrogens with zero attached hydrogens (tertiary/aromatic N) is 1. The summed E-state index contributed by atoms with van der Waals surface area (Å²) in [6.07, 6.45) is 5.45. The maximum absolute atomic E-state index is 13.5. The van der Waals surface area contributed by atoms with E-state index in [9.17, 15) is 4.79 Å². The maximum atomic E-state index is 13.5. The van der Waals surface area contributed by atoms with Crippen molar-refractivity contribution in [3.8, 4) is 0 Å². The number of fused-ring (bicyclic) bond motifs is 1. The zero-order valence-electron chi connectivity index (χ0n) is 13.5. The Hall–Kier alpha value is -1.06. The third-order valence-corrected chi connectivity index (χ3v) is 6.38. The Labute approximate surface area is 142 Å². The van der Waals surface area contributed by atoms with E-state index in [4.69, 9.17) is 16.3 Å². The lowest BCUT2D eigenvalue weighted by Gasteiger charge is -2.39. The zero-order valence-corrected chi connectivity index (χ0v) is 14.2. The predicted molar refractivity (Wildman–Crippen MR) is 90.6 cm³/mol. The highest BCUT2D eigenvalue weighted by Gasteiger charge is 2.47. The minimum Gasteiger partial charge on any atom is -0.381 e. The van der Waals surface area contributed by atoms with Gasteiger partial charge in [0.25, 0.3) is 0 Å². The number of halogens is 1. The van der Waals surface area contributed by atoms with Crippen LogP contribution in [-0.2, 0) is 14.9 Å². The molecular weight excluding hydrogens is 310 g/mol. The Bertz CT molecular complexity index is 585. The second kappa shape index (κ2) is 6.10. The monoisotopic (exact) mass is 333 g/mol. The average Bonchev–Trinajstić information content (AvgIpc) is 3.16. The first-order valence-corrected chi connectivity index (χ1v) is 9.20. The van der Waals surface area contributed by atoms with Crippen LogP contribution in [-0.4, -0.2) is 37.1 Å². The van der Waals surface area contributed by atoms with Crippen molar-refractivity contribution in [1.82, 2.24) is 4.90 Å². The number of carbonyl (C=O) groups is 1. The summed E-state index contributed by atoms with van der Waals surface area (Å²) in [6, 6.07) is 7.87. The largest absolute Gasteiger partial charge is 0.381 e. The molecule has 0 aromatic heterocycles. The number of carbonyl (C=O) groups excluding carboxylic acids is 1. The van der Waals surface area contributed by atoms with Gasteiger partial charge >= 0.3 is 0 Å². The molecule has 2 aliphatic heterocycles. The van der Waals surface area contributed by atoms with Crippen molar-refractivity contribution >= 4 is 17.5 Å². The maximum Gasteiger partial charge on any atom is 0.233 e. The molecule has 1 aliphatic carbocycles. The second-order valence-corrected chi connectivity index (χ2v) is 7.80. The molecule has 4 heteroatoms. The van der Waals surface area contributed by atoms with Crippen molar-refractivity contribution in [3.63, 3.8) is 0 Å². The third-order valence-electron chi connectivity index (χ3n) is 6.15. The molecule has 3 aliphatic rings. The smallest absolute Gasteiger partial charge is 0.233 e. The van der Waals surface area contributed by atoms with Crippen molar-refractivity contribution < 1.29 is 9.53 Å². The first-order chi connectivity index (χ1) is 11.2. The van der Waals surface area contributed by atoms with E-state index in [0.29, 0.717) is 24.1 Å². The molecule has 1 saturated carbocycles. The van der Waals surface area contributed by atoms with Gasteiger partial charge in [0.2, 0.25) is 5.91 Å². The molecular formula is C19H24ClNO2. The lowest BCUT2D eigenvalue weighted by atomic mass is 9.73. The number of likely N-dealkylation sites (tertiary alicyclic amines) is 1. The van der Waals surface area contributed by atoms with Gasteiger partial charge in [-0.2, -0.15) is 0 Å². The quantitative estimate of drug-likeness (QED) is 0.826. The standard InChI is InChI=1S/C19H24ClNO2/c20-17-6-2-5-16(11-17)19(7-9-23-10-8-19)18(22)21-12-14-3-1-4-15(14)13-21/h2,5-6,11,14-15H,1,3-4,7-10,12-13H2/t14-,15-/m1/s1. The van der Waals surface area contributed by atoms with E-state index in [1.807, 2.05) is 18.2 Å². The van der Waals surface area contributed by atoms with Crippen LogP contribution in [0.2, 0.25) is 5.02 Å². The highest BCUT2D eigenvalue weighted by molar-refractivity contribution is 6.30. The summed E-state index contributed by atoms with van der Waals surface area (Å²) in [5.74, 6) is 1.77. The molecule has 1 amide bonds. The molecule has 0 N–H and O–H groups in total. The van der Waals surface area contributed by atoms with Crippen LogP contribution in [0.3, 0.4) is 0 Å². The molecule has 0 spiro atoms. The molecule has 0 bridgehead atoms. The Balaban J connectivity index is 1.64. The predicted octanol–water partition coefficient (Wildman–Crippen LogP) is 3.65. The highest BCUT2D eigenvalue weighted by Crippen LogP contribution is 2.42. The molecule has 0 unspecified atom stereocenters. The molecule has 3 nitrogen and oxygen atoms in total. The third kappa shape index (κ3) is 2.68. The fraction of sp³-hybridized carbons (Fsp3) is 0.632. The SMILES string of the molecule is O=C(N1C[C@H]2CCC[C@@H]2C1)C1(c2cccc(Cl)c2)CCOCC1. The van der Waals surface area contributed by atoms with Crippen LogP contribution in [0.1, 0.15) is 37.7 Å². The van der Waals surface area contributed by atoms with Crippen molar-refractivity contribution in [2.24, 2.45) is 11.8 Å². The molecule has 3 fully saturated rings. The molecule has 2 saturated heterocycles. The van der Waals surface area contributed by atoms with Gasteiger partial charge in [-0.1, -0.05) is 30.2 Å². The number of ether oxygens (including phenoxy) is 1. The van der Waals surface area contributed by atoms with Crippen LogP contribution in [0.5, 0.6) is 0 Å². The minimum absolute atomic E-state index is 0.303. The first-order valence-electron chi connectivity index (χ1n) is 8.82. The Morgan fingerprint density at radius 3 is 2.52 bits per heavy atom. The van der Waals surface area contributed by atoms with E-state index in [-0.39, 0.29) is 0 Å². The molecule has 1 aromatic carbocycles. The summed E-state index contributed by atoms with van der Waals surface area (Å²) in [6.45, 7) is 3.21. The molecule has 1 aromatic rings. The Morgan fingerprint density at radius 2 is 1.87 bits per heavy atom. The molecule has 2 heterocycles. The van der Waals surface area contributed by atoms with Crippen LogP contribution < -0.4 is 0 Å². The van der Waals surface area contributed by atoms with E-state index < -0.39 is 5.41 Å². The fourth-order valence-electron chi connectivity index (χ4n) is 4.84. The summed E-state index contributed by atoms with van der Waals surface area (Å²) >= 11 is 6.21. The number of benzene rings is 1. The second-order valence-electron chi connectivity index (χ2n) is 7.37. The van der Waals surface area contributed by atoms with E-state index in [2.05, 4.69) is 11.0 Å². The number of amides is 1. The average molecular weight is 334 g/mol. The topological polar surface area (TPSA) is 29.5 Å². The summed E-state index contributed by atoms with van der Waals surface area (Å²) in [7, 11) is 0. The van der Waals surface area contributed by atoms with E-state index in [1.165, 1.54) is 19.3 Å². The number of rotatable bonds is 2. The van der Waals surface area contributed by atoms with Crippen LogP contribution in [0.15, 0.2) is 24.3 Å². The molecule has 0 radical (unpaired) electrons. The van der Waals surface area contributed by atoms with Crippen LogP contribution in [0, 0.1) is 11.8 Å². The van der Waals surface area contributed by atoms with Crippen molar-refractivity contribution in [3.05, 3.63) is 34.9 Å². The summed E-state index contributed by atoms with van der Waals surface area (Å²) in [5.41, 5.74) is 0.622. The fourth-order valence-corrected chi connectivity index (χ4v) is 5.03. The van der Waals surface area contributed by atoms with Gasteiger partial charge in [-0.3, -0.25) is 4.79 Å². The van der Waals surface area contributed by atoms with Gasteiger partial charge in [-0.05, 0) is 55.2 Å². The van der Waals surface area contributed by atoms with Gasteiger partial charge in [0.15, 0.2) is 0 Å². The molecule has 124 valence electrons. The van der Waals surface area contributed by atoms with Crippen LogP contribution >= 0.6 is 11.6 Å². The molecule has 2 atom stereocenters. The van der Waals surface area contributed by atoms with Crippen molar-refractivity contribution in [1.29, 1.82) is 0 Å². The Morgan fingerprint density at radius 1 is 1.17 bits per heavy atom. The van der Waals surface area contributed by atoms with Gasteiger partial charge in [-0.15, -0.1) is 0 Å². The zero-order chi connectivity index (χ0) is 15.9. The van der Waals surface area contributed by atoms with E-state index >= 15 is 0 Å². The molecule has 4 rings (SSSR count). The summed E-state index contributed by atoms with van der Waals surface area (Å²) < 4.78 is 5.56. The minimum atomic E-state index is -0.443. The van der Waals surface area contributed by atoms with Gasteiger partial charge in [0.05, 0.1) is 5.41 Å². The van der Waals surface area contributed by atoms with Gasteiger partial charge in [0.1, 0.15) is 0 Å². The number of hydrogen-bond donors (Lipinski definition) is 0. The summed E-state index contributed by atoms with van der Waals surface area (Å²) in [5, 5.41) is 0.708. The number of hydrogen-bond acceptors (Lipinski definition) is 2. The molecule has 23 heavy (non-hydrogen) atoms. The van der Waals surface area contributed by atoms with E-state index in [0.717, 1.165) is 43.3 Å². The first kappa shape index (κ1) is 15.5. The van der Waals surface area contributed by atoms with Crippen LogP contribution in [0.25, 0.3) is 0 Å². The van der Waals surface area contributed by atoms with Crippen LogP contribution in [0.4, 0.5) is 0 Å². The van der Waals surface area contributed by atoms with Crippen molar-refractivity contribution in [2.45, 2.75) is 37.5 Å². The van der Waals surface area contributed by atoms with Gasteiger partial charge in [0, 0.05) is 31.3 Å². The summed E-state index contributed by atoms with van der Waals surface area (Å²) in [4.78, 5) is 15.6. The van der Waals surface area contributed by atoms with E-state index in [1.54, 1.807) is 0 Å². The lowest BCUT2D eigenvalue weighted by molar-refractivity contribution is -0.140. The highest BCUT2D eigenvalue weighted by atomic mass is 35.5. The normalized spacial score (nSPS) is 29.5. The Kier molecular flexibility index (Phi) is 4.10. The van der Waals surface area contributed by atoms with Gasteiger partial charge < -0.3 is 9.64 Å².